The molecular formula is C24H22F3N5O3S2. The van der Waals surface area contributed by atoms with E-state index in [-0.39, 0.29) is 31.3 Å². The van der Waals surface area contributed by atoms with Gasteiger partial charge in [-0.1, -0.05) is 11.3 Å². The molecule has 0 saturated carbocycles. The van der Waals surface area contributed by atoms with Crippen LogP contribution in [-0.2, 0) is 6.18 Å². The Morgan fingerprint density at radius 2 is 1.89 bits per heavy atom. The number of piperidine rings is 1. The maximum Gasteiger partial charge on any atom is 0.433 e. The number of rotatable bonds is 2. The van der Waals surface area contributed by atoms with Crippen LogP contribution in [0.2, 0.25) is 0 Å². The first kappa shape index (κ1) is 25.3. The van der Waals surface area contributed by atoms with Gasteiger partial charge in [0.25, 0.3) is 5.91 Å². The highest BCUT2D eigenvalue weighted by atomic mass is 32.2. The molecule has 37 heavy (non-hydrogen) atoms. The zero-order chi connectivity index (χ0) is 26.5. The third-order valence-corrected chi connectivity index (χ3v) is 9.17. The van der Waals surface area contributed by atoms with Crippen LogP contribution in [0.25, 0.3) is 10.2 Å². The van der Waals surface area contributed by atoms with Gasteiger partial charge in [0, 0.05) is 52.8 Å². The van der Waals surface area contributed by atoms with E-state index in [9.17, 15) is 27.6 Å². The number of fused-ring (bicyclic) bond motifs is 2. The number of hydrogen-bond donors (Lipinski definition) is 3. The summed E-state index contributed by atoms with van der Waals surface area (Å²) >= 11 is 2.45. The van der Waals surface area contributed by atoms with Gasteiger partial charge in [0.05, 0.1) is 5.56 Å². The number of amides is 3. The zero-order valence-electron chi connectivity index (χ0n) is 19.6. The second-order valence-electron chi connectivity index (χ2n) is 8.99. The van der Waals surface area contributed by atoms with Gasteiger partial charge in [-0.25, -0.2) is 9.78 Å². The quantitative estimate of drug-likeness (QED) is 0.387. The van der Waals surface area contributed by atoms with Gasteiger partial charge >= 0.3 is 12.2 Å². The summed E-state index contributed by atoms with van der Waals surface area (Å²) in [4.78, 5) is 44.7. The second-order valence-corrected chi connectivity index (χ2v) is 11.5. The monoisotopic (exact) mass is 549 g/mol. The average Bonchev–Trinajstić information content (AvgIpc) is 3.21. The molecule has 3 aromatic rings. The van der Waals surface area contributed by atoms with Crippen LogP contribution >= 0.6 is 23.1 Å². The molecule has 8 nitrogen and oxygen atoms in total. The smallest absolute Gasteiger partial charge is 0.399 e. The van der Waals surface area contributed by atoms with Crippen LogP contribution in [0.1, 0.15) is 45.7 Å². The molecule has 0 atom stereocenters. The number of nitrogen functional groups attached to an aromatic ring is 1. The van der Waals surface area contributed by atoms with Gasteiger partial charge < -0.3 is 16.0 Å². The van der Waals surface area contributed by atoms with Crippen LogP contribution in [0.4, 0.5) is 28.7 Å². The number of thiophene rings is 1. The molecule has 1 spiro atoms. The Balaban J connectivity index is 1.41. The fraction of sp³-hybridized carbons (Fsp3) is 0.333. The van der Waals surface area contributed by atoms with Gasteiger partial charge in [0.15, 0.2) is 5.78 Å². The van der Waals surface area contributed by atoms with Crippen molar-refractivity contribution in [2.45, 2.75) is 35.1 Å². The van der Waals surface area contributed by atoms with E-state index in [1.165, 1.54) is 13.1 Å². The molecule has 0 unspecified atom stereocenters. The standard InChI is InChI=1S/C24H22F3N5O3S2/c1-29-22(35)31-20-18(13-3-5-17(24(25,26)27)30-19(13)36-20)21(34)32-8-6-23(7-9-32)11-15(33)14-10-12(28)2-4-16(14)37-23/h2-5,10H,6-9,11,28H2,1H3,(H2,29,31,35). The number of urea groups is 1. The molecule has 2 aromatic heterocycles. The van der Waals surface area contributed by atoms with Crippen molar-refractivity contribution in [1.82, 2.24) is 15.2 Å². The van der Waals surface area contributed by atoms with Gasteiger partial charge in [0.2, 0.25) is 0 Å². The van der Waals surface area contributed by atoms with E-state index >= 15 is 0 Å². The van der Waals surface area contributed by atoms with Gasteiger partial charge in [-0.2, -0.15) is 13.2 Å². The number of Topliss-reactive ketones (excluding diaryl/α,β-unsaturated/α-hetero) is 1. The maximum atomic E-state index is 13.6. The number of aromatic nitrogens is 1. The molecule has 5 rings (SSSR count). The number of likely N-dealkylation sites (tertiary alicyclic amines) is 1. The van der Waals surface area contributed by atoms with Crippen LogP contribution in [0.5, 0.6) is 0 Å². The Morgan fingerprint density at radius 1 is 1.16 bits per heavy atom. The van der Waals surface area contributed by atoms with Crippen LogP contribution in [0.3, 0.4) is 0 Å². The van der Waals surface area contributed by atoms with E-state index in [2.05, 4.69) is 15.6 Å². The number of benzene rings is 1. The number of halogens is 3. The molecule has 1 aromatic carbocycles. The summed E-state index contributed by atoms with van der Waals surface area (Å²) in [5.74, 6) is -0.386. The van der Waals surface area contributed by atoms with Crippen LogP contribution in [0, 0.1) is 0 Å². The third-order valence-electron chi connectivity index (χ3n) is 6.59. The van der Waals surface area contributed by atoms with Crippen LogP contribution in [0.15, 0.2) is 35.2 Å². The molecular weight excluding hydrogens is 527 g/mol. The number of nitrogens with one attached hydrogen (secondary N) is 2. The zero-order valence-corrected chi connectivity index (χ0v) is 21.2. The number of nitrogens with zero attached hydrogens (tertiary/aromatic N) is 2. The SMILES string of the molecule is CNC(=O)Nc1sc2nc(C(F)(F)F)ccc2c1C(=O)N1CCC2(CC1)CC(=O)c1cc(N)ccc1S2. The van der Waals surface area contributed by atoms with Crippen LogP contribution in [-0.4, -0.2) is 52.5 Å². The van der Waals surface area contributed by atoms with Crippen molar-refractivity contribution in [1.29, 1.82) is 0 Å². The Bertz CT molecular complexity index is 1430. The number of ketones is 1. The molecule has 0 radical (unpaired) electrons. The van der Waals surface area contributed by atoms with Crippen molar-refractivity contribution in [2.24, 2.45) is 0 Å². The third kappa shape index (κ3) is 4.73. The number of thioether (sulfide) groups is 1. The lowest BCUT2D eigenvalue weighted by atomic mass is 9.87. The fourth-order valence-corrected chi connectivity index (χ4v) is 7.20. The molecule has 4 heterocycles. The molecule has 1 saturated heterocycles. The van der Waals surface area contributed by atoms with Crippen molar-refractivity contribution in [3.8, 4) is 0 Å². The summed E-state index contributed by atoms with van der Waals surface area (Å²) in [6.07, 6.45) is -3.17. The molecule has 4 N–H and O–H groups in total. The number of anilines is 2. The van der Waals surface area contributed by atoms with Crippen LogP contribution < -0.4 is 16.4 Å². The summed E-state index contributed by atoms with van der Waals surface area (Å²) in [5.41, 5.74) is 6.02. The lowest BCUT2D eigenvalue weighted by Crippen LogP contribution is -2.47. The molecule has 13 heteroatoms. The molecule has 2 aliphatic heterocycles. The van der Waals surface area contributed by atoms with Crippen molar-refractivity contribution >= 4 is 61.7 Å². The highest BCUT2D eigenvalue weighted by molar-refractivity contribution is 8.01. The highest BCUT2D eigenvalue weighted by Gasteiger charge is 2.43. The number of carbonyl (C=O) groups is 3. The van der Waals surface area contributed by atoms with Gasteiger partial charge in [-0.05, 0) is 43.2 Å². The number of hydrogen-bond acceptors (Lipinski definition) is 7. The number of alkyl halides is 3. The predicted molar refractivity (Wildman–Crippen MR) is 136 cm³/mol. The summed E-state index contributed by atoms with van der Waals surface area (Å²) in [6.45, 7) is 0.711. The van der Waals surface area contributed by atoms with Gasteiger partial charge in [-0.3, -0.25) is 14.9 Å². The average molecular weight is 550 g/mol. The molecule has 194 valence electrons. The van der Waals surface area contributed by atoms with E-state index in [0.29, 0.717) is 43.6 Å². The number of nitrogens with two attached hydrogens (primary N) is 1. The first-order valence-corrected chi connectivity index (χ1v) is 13.0. The lowest BCUT2D eigenvalue weighted by Gasteiger charge is -2.43. The minimum absolute atomic E-state index is 0.00219. The second kappa shape index (κ2) is 9.21. The van der Waals surface area contributed by atoms with Crippen molar-refractivity contribution < 1.29 is 27.6 Å². The number of carbonyl (C=O) groups excluding carboxylic acids is 3. The largest absolute Gasteiger partial charge is 0.433 e. The fourth-order valence-electron chi connectivity index (χ4n) is 4.67. The normalized spacial score (nSPS) is 17.1. The minimum atomic E-state index is -4.64. The highest BCUT2D eigenvalue weighted by Crippen LogP contribution is 2.49. The number of pyridine rings is 1. The molecule has 2 aliphatic rings. The van der Waals surface area contributed by atoms with Crippen molar-refractivity contribution in [2.75, 3.05) is 31.2 Å². The Hall–Kier alpha value is -3.32. The van der Waals surface area contributed by atoms with Gasteiger partial charge in [0.1, 0.15) is 15.5 Å². The Morgan fingerprint density at radius 3 is 2.57 bits per heavy atom. The van der Waals surface area contributed by atoms with E-state index in [0.717, 1.165) is 22.3 Å². The van der Waals surface area contributed by atoms with Crippen molar-refractivity contribution in [3.63, 3.8) is 0 Å². The first-order valence-electron chi connectivity index (χ1n) is 11.4. The summed E-state index contributed by atoms with van der Waals surface area (Å²) < 4.78 is 39.3. The Labute approximate surface area is 217 Å². The molecule has 3 amide bonds. The molecule has 1 fully saturated rings. The summed E-state index contributed by atoms with van der Waals surface area (Å²) in [5, 5.41) is 5.29. The van der Waals surface area contributed by atoms with E-state index in [1.54, 1.807) is 28.8 Å². The predicted octanol–water partition coefficient (Wildman–Crippen LogP) is 5.00. The summed E-state index contributed by atoms with van der Waals surface area (Å²) in [6, 6.07) is 6.74. The first-order chi connectivity index (χ1) is 17.5. The lowest BCUT2D eigenvalue weighted by molar-refractivity contribution is -0.140. The minimum Gasteiger partial charge on any atom is -0.399 e. The maximum absolute atomic E-state index is 13.6. The Kier molecular flexibility index (Phi) is 6.31. The van der Waals surface area contributed by atoms with E-state index in [1.807, 2.05) is 6.07 Å². The van der Waals surface area contributed by atoms with E-state index in [4.69, 9.17) is 5.73 Å². The van der Waals surface area contributed by atoms with Crippen molar-refractivity contribution in [3.05, 3.63) is 47.2 Å². The molecule has 0 aliphatic carbocycles. The topological polar surface area (TPSA) is 117 Å². The molecule has 0 bridgehead atoms. The van der Waals surface area contributed by atoms with E-state index < -0.39 is 23.8 Å². The summed E-state index contributed by atoms with van der Waals surface area (Å²) in [7, 11) is 1.39. The van der Waals surface area contributed by atoms with Gasteiger partial charge in [-0.15, -0.1) is 11.8 Å².